The minimum Gasteiger partial charge on any atom is -0.312 e. The van der Waals surface area contributed by atoms with Crippen LogP contribution in [0.3, 0.4) is 0 Å². The molecule has 2 unspecified atom stereocenters. The lowest BCUT2D eigenvalue weighted by molar-refractivity contribution is 0.464. The van der Waals surface area contributed by atoms with Crippen LogP contribution in [0.25, 0.3) is 0 Å². The molecule has 0 bridgehead atoms. The molecule has 2 atom stereocenters. The highest BCUT2D eigenvalue weighted by atomic mass is 32.2. The number of benzene rings is 1. The van der Waals surface area contributed by atoms with Crippen LogP contribution in [0.5, 0.6) is 0 Å². The van der Waals surface area contributed by atoms with E-state index in [0.29, 0.717) is 17.2 Å². The molecule has 1 aromatic carbocycles. The highest BCUT2D eigenvalue weighted by Crippen LogP contribution is 2.42. The summed E-state index contributed by atoms with van der Waals surface area (Å²) in [5.74, 6) is 1.86. The van der Waals surface area contributed by atoms with Crippen LogP contribution >= 0.6 is 11.8 Å². The van der Waals surface area contributed by atoms with Gasteiger partial charge in [-0.25, -0.2) is 0 Å². The summed E-state index contributed by atoms with van der Waals surface area (Å²) in [5.41, 5.74) is 4.70. The first kappa shape index (κ1) is 14.9. The molecule has 0 amide bonds. The van der Waals surface area contributed by atoms with Crippen molar-refractivity contribution >= 4 is 11.8 Å². The number of fused-ring (bicyclic) bond motifs is 1. The molecule has 1 aliphatic heterocycles. The third-order valence-corrected chi connectivity index (χ3v) is 5.75. The van der Waals surface area contributed by atoms with E-state index in [1.54, 1.807) is 0 Å². The van der Waals surface area contributed by atoms with Gasteiger partial charge in [0, 0.05) is 17.0 Å². The van der Waals surface area contributed by atoms with E-state index in [9.17, 15) is 0 Å². The average Bonchev–Trinajstić information content (AvgIpc) is 2.35. The van der Waals surface area contributed by atoms with Crippen molar-refractivity contribution in [3.8, 4) is 0 Å². The Morgan fingerprint density at radius 3 is 2.47 bits per heavy atom. The highest BCUT2D eigenvalue weighted by Gasteiger charge is 2.31. The van der Waals surface area contributed by atoms with E-state index in [4.69, 9.17) is 0 Å². The van der Waals surface area contributed by atoms with Crippen molar-refractivity contribution in [3.63, 3.8) is 0 Å². The third kappa shape index (κ3) is 3.00. The first-order valence-electron chi connectivity index (χ1n) is 7.26. The lowest BCUT2D eigenvalue weighted by Crippen LogP contribution is -2.34. The summed E-state index contributed by atoms with van der Waals surface area (Å²) in [4.78, 5) is 0. The van der Waals surface area contributed by atoms with Crippen molar-refractivity contribution in [3.05, 3.63) is 34.9 Å². The molecule has 1 nitrogen and oxygen atoms in total. The fourth-order valence-corrected chi connectivity index (χ4v) is 4.33. The molecule has 0 fully saturated rings. The molecule has 0 spiro atoms. The van der Waals surface area contributed by atoms with Gasteiger partial charge in [0.05, 0.1) is 0 Å². The van der Waals surface area contributed by atoms with Gasteiger partial charge in [-0.2, -0.15) is 11.8 Å². The van der Waals surface area contributed by atoms with Gasteiger partial charge in [0.2, 0.25) is 0 Å². The summed E-state index contributed by atoms with van der Waals surface area (Å²) in [6, 6.07) is 7.56. The van der Waals surface area contributed by atoms with E-state index in [1.807, 2.05) is 0 Å². The van der Waals surface area contributed by atoms with E-state index in [0.717, 1.165) is 5.75 Å². The standard InChI is InChI=1S/C17H27NS/c1-11(2)16-15(18-6)14-9-13(17(3,4)5)8-7-12(14)10-19-16/h7-9,11,15-16,18H,10H2,1-6H3. The van der Waals surface area contributed by atoms with Gasteiger partial charge < -0.3 is 5.32 Å². The fourth-order valence-electron chi connectivity index (χ4n) is 2.84. The van der Waals surface area contributed by atoms with Crippen LogP contribution < -0.4 is 5.32 Å². The monoisotopic (exact) mass is 277 g/mol. The fraction of sp³-hybridized carbons (Fsp3) is 0.647. The van der Waals surface area contributed by atoms with Crippen molar-refractivity contribution in [1.29, 1.82) is 0 Å². The summed E-state index contributed by atoms with van der Waals surface area (Å²) >= 11 is 2.10. The van der Waals surface area contributed by atoms with Crippen molar-refractivity contribution in [2.24, 2.45) is 5.92 Å². The summed E-state index contributed by atoms with van der Waals surface area (Å²) < 4.78 is 0. The van der Waals surface area contributed by atoms with Crippen molar-refractivity contribution in [2.75, 3.05) is 7.05 Å². The quantitative estimate of drug-likeness (QED) is 0.853. The largest absolute Gasteiger partial charge is 0.312 e. The summed E-state index contributed by atoms with van der Waals surface area (Å²) in [6.07, 6.45) is 0. The molecule has 1 aromatic rings. The van der Waals surface area contributed by atoms with Crippen LogP contribution in [0.15, 0.2) is 18.2 Å². The van der Waals surface area contributed by atoms with Gasteiger partial charge in [-0.15, -0.1) is 0 Å². The Labute approximate surface area is 122 Å². The van der Waals surface area contributed by atoms with Gasteiger partial charge in [0.1, 0.15) is 0 Å². The maximum Gasteiger partial charge on any atom is 0.0443 e. The van der Waals surface area contributed by atoms with E-state index in [1.165, 1.54) is 16.7 Å². The molecule has 19 heavy (non-hydrogen) atoms. The number of hydrogen-bond donors (Lipinski definition) is 1. The molecule has 0 aromatic heterocycles. The molecule has 2 rings (SSSR count). The van der Waals surface area contributed by atoms with Gasteiger partial charge in [-0.3, -0.25) is 0 Å². The summed E-state index contributed by atoms with van der Waals surface area (Å²) in [6.45, 7) is 11.5. The summed E-state index contributed by atoms with van der Waals surface area (Å²) in [5, 5.41) is 4.22. The second-order valence-corrected chi connectivity index (χ2v) is 8.12. The molecule has 0 saturated carbocycles. The van der Waals surface area contributed by atoms with E-state index in [-0.39, 0.29) is 5.41 Å². The Hall–Kier alpha value is -0.470. The first-order valence-corrected chi connectivity index (χ1v) is 8.31. The summed E-state index contributed by atoms with van der Waals surface area (Å²) in [7, 11) is 2.10. The molecule has 0 radical (unpaired) electrons. The Kier molecular flexibility index (Phi) is 4.32. The van der Waals surface area contributed by atoms with Crippen LogP contribution in [-0.4, -0.2) is 12.3 Å². The van der Waals surface area contributed by atoms with Crippen molar-refractivity contribution in [2.45, 2.75) is 57.1 Å². The Morgan fingerprint density at radius 2 is 1.95 bits per heavy atom. The third-order valence-electron chi connectivity index (χ3n) is 4.07. The predicted molar refractivity (Wildman–Crippen MR) is 86.9 cm³/mol. The highest BCUT2D eigenvalue weighted by molar-refractivity contribution is 7.99. The minimum atomic E-state index is 0.227. The zero-order valence-corrected chi connectivity index (χ0v) is 13.9. The first-order chi connectivity index (χ1) is 8.84. The number of hydrogen-bond acceptors (Lipinski definition) is 2. The Morgan fingerprint density at radius 1 is 1.26 bits per heavy atom. The molecule has 2 heteroatoms. The molecular weight excluding hydrogens is 250 g/mol. The molecular formula is C17H27NS. The van der Waals surface area contributed by atoms with E-state index < -0.39 is 0 Å². The van der Waals surface area contributed by atoms with E-state index >= 15 is 0 Å². The maximum atomic E-state index is 3.55. The topological polar surface area (TPSA) is 12.0 Å². The average molecular weight is 277 g/mol. The lowest BCUT2D eigenvalue weighted by atomic mass is 9.83. The Balaban J connectivity index is 2.44. The molecule has 0 saturated heterocycles. The predicted octanol–water partition coefficient (Wildman–Crippen LogP) is 4.52. The maximum absolute atomic E-state index is 3.55. The smallest absolute Gasteiger partial charge is 0.0443 e. The lowest BCUT2D eigenvalue weighted by Gasteiger charge is -2.36. The molecule has 1 N–H and O–H groups in total. The van der Waals surface area contributed by atoms with Gasteiger partial charge in [0.15, 0.2) is 0 Å². The van der Waals surface area contributed by atoms with Crippen molar-refractivity contribution < 1.29 is 0 Å². The molecule has 0 aliphatic carbocycles. The SMILES string of the molecule is CNC1c2cc(C(C)(C)C)ccc2CSC1C(C)C. The second kappa shape index (κ2) is 5.49. The zero-order valence-electron chi connectivity index (χ0n) is 13.1. The van der Waals surface area contributed by atoms with Gasteiger partial charge >= 0.3 is 0 Å². The molecule has 1 aliphatic rings. The van der Waals surface area contributed by atoms with Crippen LogP contribution in [0, 0.1) is 5.92 Å². The Bertz CT molecular complexity index is 445. The number of thioether (sulfide) groups is 1. The van der Waals surface area contributed by atoms with E-state index in [2.05, 4.69) is 76.9 Å². The normalized spacial score (nSPS) is 23.5. The number of nitrogens with one attached hydrogen (secondary N) is 1. The van der Waals surface area contributed by atoms with Crippen molar-refractivity contribution in [1.82, 2.24) is 5.32 Å². The molecule has 1 heterocycles. The number of rotatable bonds is 2. The zero-order chi connectivity index (χ0) is 14.2. The van der Waals surface area contributed by atoms with Gasteiger partial charge in [-0.1, -0.05) is 52.8 Å². The van der Waals surface area contributed by atoms with Crippen LogP contribution in [0.4, 0.5) is 0 Å². The van der Waals surface area contributed by atoms with Crippen LogP contribution in [-0.2, 0) is 11.2 Å². The minimum absolute atomic E-state index is 0.227. The van der Waals surface area contributed by atoms with Crippen LogP contribution in [0.2, 0.25) is 0 Å². The molecule has 106 valence electrons. The van der Waals surface area contributed by atoms with Gasteiger partial charge in [-0.05, 0) is 35.1 Å². The second-order valence-electron chi connectivity index (χ2n) is 6.95. The van der Waals surface area contributed by atoms with Crippen LogP contribution in [0.1, 0.15) is 57.4 Å². The van der Waals surface area contributed by atoms with Gasteiger partial charge in [0.25, 0.3) is 0 Å².